The van der Waals surface area contributed by atoms with E-state index in [0.717, 1.165) is 0 Å². The first-order valence-corrected chi connectivity index (χ1v) is 8.83. The van der Waals surface area contributed by atoms with Crippen LogP contribution in [0.4, 0.5) is 5.69 Å². The minimum absolute atomic E-state index is 0.0451. The minimum Gasteiger partial charge on any atom is -0.278 e. The molecule has 0 saturated carbocycles. The van der Waals surface area contributed by atoms with Gasteiger partial charge in [-0.3, -0.25) is 13.8 Å². The molecular formula is C11H12ClN5O2S2. The fraction of sp³-hybridized carbons (Fsp3) is 0.273. The maximum absolute atomic E-state index is 12.6. The fourth-order valence-corrected chi connectivity index (χ4v) is 4.58. The lowest BCUT2D eigenvalue weighted by atomic mass is 10.3. The lowest BCUT2D eigenvalue weighted by Gasteiger charge is -2.06. The van der Waals surface area contributed by atoms with Crippen molar-refractivity contribution in [2.24, 2.45) is 7.05 Å². The summed E-state index contributed by atoms with van der Waals surface area (Å²) >= 11 is 7.29. The third-order valence-corrected chi connectivity index (χ3v) is 5.44. The smallest absolute Gasteiger partial charge is 0.278 e. The first kappa shape index (κ1) is 14.4. The summed E-state index contributed by atoms with van der Waals surface area (Å²) in [4.78, 5) is 4.57. The predicted octanol–water partition coefficient (Wildman–Crippen LogP) is 2.15. The Morgan fingerprint density at radius 3 is 2.95 bits per heavy atom. The highest BCUT2D eigenvalue weighted by Crippen LogP contribution is 2.27. The molecule has 0 aliphatic carbocycles. The summed E-state index contributed by atoms with van der Waals surface area (Å²) < 4.78 is 30.7. The van der Waals surface area contributed by atoms with Crippen molar-refractivity contribution in [3.8, 4) is 0 Å². The Morgan fingerprint density at radius 2 is 2.24 bits per heavy atom. The zero-order valence-electron chi connectivity index (χ0n) is 11.2. The number of halogens is 1. The molecule has 0 radical (unpaired) electrons. The van der Waals surface area contributed by atoms with Crippen LogP contribution in [-0.4, -0.2) is 27.6 Å². The molecule has 3 heterocycles. The van der Waals surface area contributed by atoms with E-state index < -0.39 is 10.0 Å². The summed E-state index contributed by atoms with van der Waals surface area (Å²) in [5, 5.41) is 5.85. The van der Waals surface area contributed by atoms with E-state index in [1.165, 1.54) is 15.7 Å². The first-order valence-electron chi connectivity index (χ1n) is 6.08. The third kappa shape index (κ3) is 2.41. The lowest BCUT2D eigenvalue weighted by Crippen LogP contribution is -2.15. The number of anilines is 1. The SMILES string of the molecule is CCc1nn(C)cc1NS(=O)(=O)c1c(Cl)nc2sccn12. The second-order valence-corrected chi connectivity index (χ2v) is 7.21. The molecule has 0 aliphatic heterocycles. The van der Waals surface area contributed by atoms with Crippen LogP contribution in [0.2, 0.25) is 5.15 Å². The standard InChI is InChI=1S/C11H12ClN5O2S2/c1-3-7-8(6-16(2)14-7)15-21(18,19)10-9(12)13-11-17(10)4-5-20-11/h4-6,15H,3H2,1-2H3. The molecule has 0 saturated heterocycles. The molecule has 3 rings (SSSR count). The molecule has 0 amide bonds. The van der Waals surface area contributed by atoms with Crippen LogP contribution in [0.1, 0.15) is 12.6 Å². The van der Waals surface area contributed by atoms with E-state index in [0.29, 0.717) is 22.8 Å². The molecule has 1 N–H and O–H groups in total. The van der Waals surface area contributed by atoms with Crippen LogP contribution in [0.15, 0.2) is 22.8 Å². The Balaban J connectivity index is 2.08. The summed E-state index contributed by atoms with van der Waals surface area (Å²) in [7, 11) is -2.11. The molecule has 0 aliphatic rings. The highest BCUT2D eigenvalue weighted by Gasteiger charge is 2.26. The van der Waals surface area contributed by atoms with Gasteiger partial charge in [0.25, 0.3) is 10.0 Å². The van der Waals surface area contributed by atoms with Crippen molar-refractivity contribution < 1.29 is 8.42 Å². The molecule has 0 bridgehead atoms. The van der Waals surface area contributed by atoms with Gasteiger partial charge in [0.15, 0.2) is 15.1 Å². The average molecular weight is 346 g/mol. The number of aryl methyl sites for hydroxylation is 2. The number of nitrogens with one attached hydrogen (secondary N) is 1. The van der Waals surface area contributed by atoms with Gasteiger partial charge in [0.1, 0.15) is 0 Å². The van der Waals surface area contributed by atoms with E-state index in [-0.39, 0.29) is 10.2 Å². The van der Waals surface area contributed by atoms with Crippen molar-refractivity contribution in [3.63, 3.8) is 0 Å². The quantitative estimate of drug-likeness (QED) is 0.785. The fourth-order valence-electron chi connectivity index (χ4n) is 2.05. The lowest BCUT2D eigenvalue weighted by molar-refractivity contribution is 0.596. The number of nitrogens with zero attached hydrogens (tertiary/aromatic N) is 4. The van der Waals surface area contributed by atoms with Crippen LogP contribution in [0.5, 0.6) is 0 Å². The van der Waals surface area contributed by atoms with Gasteiger partial charge in [-0.25, -0.2) is 4.98 Å². The van der Waals surface area contributed by atoms with Gasteiger partial charge >= 0.3 is 0 Å². The Labute approximate surface area is 130 Å². The molecule has 3 aromatic heterocycles. The Kier molecular flexibility index (Phi) is 3.42. The summed E-state index contributed by atoms with van der Waals surface area (Å²) in [6.45, 7) is 1.91. The average Bonchev–Trinajstić information content (AvgIpc) is 3.02. The van der Waals surface area contributed by atoms with E-state index in [4.69, 9.17) is 11.6 Å². The Morgan fingerprint density at radius 1 is 1.48 bits per heavy atom. The number of aromatic nitrogens is 4. The highest BCUT2D eigenvalue weighted by atomic mass is 35.5. The third-order valence-electron chi connectivity index (χ3n) is 2.92. The molecule has 0 fully saturated rings. The normalized spacial score (nSPS) is 12.1. The Hall–Kier alpha value is -1.58. The van der Waals surface area contributed by atoms with Gasteiger partial charge in [-0.05, 0) is 6.42 Å². The van der Waals surface area contributed by atoms with E-state index in [1.807, 2.05) is 6.92 Å². The van der Waals surface area contributed by atoms with E-state index in [9.17, 15) is 8.42 Å². The van der Waals surface area contributed by atoms with Crippen molar-refractivity contribution in [1.29, 1.82) is 0 Å². The van der Waals surface area contributed by atoms with Gasteiger partial charge in [0, 0.05) is 24.8 Å². The van der Waals surface area contributed by atoms with Crippen molar-refractivity contribution in [2.45, 2.75) is 18.4 Å². The monoisotopic (exact) mass is 345 g/mol. The highest BCUT2D eigenvalue weighted by molar-refractivity contribution is 7.92. The van der Waals surface area contributed by atoms with Crippen molar-refractivity contribution in [1.82, 2.24) is 19.2 Å². The van der Waals surface area contributed by atoms with Gasteiger partial charge in [-0.15, -0.1) is 11.3 Å². The molecule has 3 aromatic rings. The number of sulfonamides is 1. The van der Waals surface area contributed by atoms with E-state index in [2.05, 4.69) is 14.8 Å². The van der Waals surface area contributed by atoms with Crippen LogP contribution in [0, 0.1) is 0 Å². The van der Waals surface area contributed by atoms with Gasteiger partial charge < -0.3 is 0 Å². The molecule has 10 heteroatoms. The zero-order valence-corrected chi connectivity index (χ0v) is 13.6. The van der Waals surface area contributed by atoms with Crippen molar-refractivity contribution in [3.05, 3.63) is 28.6 Å². The van der Waals surface area contributed by atoms with Crippen molar-refractivity contribution >= 4 is 43.6 Å². The van der Waals surface area contributed by atoms with E-state index >= 15 is 0 Å². The van der Waals surface area contributed by atoms with Gasteiger partial charge in [0.2, 0.25) is 0 Å². The minimum atomic E-state index is -3.84. The van der Waals surface area contributed by atoms with Gasteiger partial charge in [-0.1, -0.05) is 18.5 Å². The number of fused-ring (bicyclic) bond motifs is 1. The van der Waals surface area contributed by atoms with Crippen LogP contribution in [0.25, 0.3) is 4.96 Å². The first-order chi connectivity index (χ1) is 9.92. The second-order valence-electron chi connectivity index (χ2n) is 4.39. The molecule has 7 nitrogen and oxygen atoms in total. The topological polar surface area (TPSA) is 81.3 Å². The molecule has 0 atom stereocenters. The Bertz CT molecular complexity index is 908. The van der Waals surface area contributed by atoms with Crippen LogP contribution in [-0.2, 0) is 23.5 Å². The molecule has 0 unspecified atom stereocenters. The summed E-state index contributed by atoms with van der Waals surface area (Å²) in [5.41, 5.74) is 1.12. The van der Waals surface area contributed by atoms with Gasteiger partial charge in [-0.2, -0.15) is 13.5 Å². The van der Waals surface area contributed by atoms with Crippen molar-refractivity contribution in [2.75, 3.05) is 4.72 Å². The van der Waals surface area contributed by atoms with Gasteiger partial charge in [0.05, 0.1) is 11.4 Å². The number of thiazole rings is 1. The molecule has 0 spiro atoms. The molecule has 112 valence electrons. The maximum Gasteiger partial charge on any atom is 0.281 e. The molecule has 21 heavy (non-hydrogen) atoms. The van der Waals surface area contributed by atoms with E-state index in [1.54, 1.807) is 29.5 Å². The summed E-state index contributed by atoms with van der Waals surface area (Å²) in [6.07, 6.45) is 3.86. The molecule has 0 aromatic carbocycles. The number of rotatable bonds is 4. The van der Waals surface area contributed by atoms with Crippen LogP contribution >= 0.6 is 22.9 Å². The van der Waals surface area contributed by atoms with Crippen LogP contribution < -0.4 is 4.72 Å². The largest absolute Gasteiger partial charge is 0.281 e. The van der Waals surface area contributed by atoms with Crippen LogP contribution in [0.3, 0.4) is 0 Å². The second kappa shape index (κ2) is 5.00. The zero-order chi connectivity index (χ0) is 15.2. The number of hydrogen-bond donors (Lipinski definition) is 1. The number of imidazole rings is 1. The summed E-state index contributed by atoms with van der Waals surface area (Å²) in [6, 6.07) is 0. The maximum atomic E-state index is 12.6. The molecular weight excluding hydrogens is 334 g/mol. The number of hydrogen-bond acceptors (Lipinski definition) is 5. The summed E-state index contributed by atoms with van der Waals surface area (Å²) in [5.74, 6) is 0. The predicted molar refractivity (Wildman–Crippen MR) is 81.5 cm³/mol.